The maximum Gasteiger partial charge on any atom is 0.319 e. The van der Waals surface area contributed by atoms with Gasteiger partial charge in [-0.25, -0.2) is 4.79 Å². The highest BCUT2D eigenvalue weighted by molar-refractivity contribution is 5.89. The molecular formula is C22H26N4O5. The molecule has 2 aromatic rings. The number of benzene rings is 1. The van der Waals surface area contributed by atoms with E-state index in [9.17, 15) is 14.7 Å². The summed E-state index contributed by atoms with van der Waals surface area (Å²) in [6.45, 7) is 0.0269. The van der Waals surface area contributed by atoms with Crippen LogP contribution < -0.4 is 20.7 Å². The molecule has 4 N–H and O–H groups in total. The zero-order chi connectivity index (χ0) is 22.1. The van der Waals surface area contributed by atoms with Crippen LogP contribution >= 0.6 is 0 Å². The lowest BCUT2D eigenvalue weighted by atomic mass is 10.0. The SMILES string of the molecule is COc1ccc(NC(=O)N[C@H]2C=C[C@H](CC(=O)NCc3ccccn3)O[C@@H]2CO)cc1. The predicted octanol–water partition coefficient (Wildman–Crippen LogP) is 1.60. The van der Waals surface area contributed by atoms with Crippen LogP contribution in [0.3, 0.4) is 0 Å². The molecule has 0 aliphatic carbocycles. The molecule has 31 heavy (non-hydrogen) atoms. The van der Waals surface area contributed by atoms with Crippen LogP contribution in [0.2, 0.25) is 0 Å². The number of hydrogen-bond acceptors (Lipinski definition) is 6. The van der Waals surface area contributed by atoms with E-state index in [2.05, 4.69) is 20.9 Å². The number of amides is 3. The summed E-state index contributed by atoms with van der Waals surface area (Å²) < 4.78 is 10.9. The van der Waals surface area contributed by atoms with Crippen LogP contribution in [0.5, 0.6) is 5.75 Å². The van der Waals surface area contributed by atoms with Gasteiger partial charge >= 0.3 is 6.03 Å². The molecule has 164 valence electrons. The van der Waals surface area contributed by atoms with Gasteiger partial charge in [0.05, 0.1) is 44.5 Å². The van der Waals surface area contributed by atoms with Crippen LogP contribution in [0.1, 0.15) is 12.1 Å². The fraction of sp³-hybridized carbons (Fsp3) is 0.318. The molecule has 9 nitrogen and oxygen atoms in total. The molecule has 1 aromatic heterocycles. The first-order valence-electron chi connectivity index (χ1n) is 9.90. The van der Waals surface area contributed by atoms with Gasteiger partial charge in [-0.2, -0.15) is 0 Å². The molecular weight excluding hydrogens is 400 g/mol. The second-order valence-electron chi connectivity index (χ2n) is 6.94. The van der Waals surface area contributed by atoms with E-state index in [-0.39, 0.29) is 18.9 Å². The summed E-state index contributed by atoms with van der Waals surface area (Å²) in [7, 11) is 1.57. The average Bonchev–Trinajstić information content (AvgIpc) is 2.80. The maximum absolute atomic E-state index is 12.3. The van der Waals surface area contributed by atoms with Crippen molar-refractivity contribution in [2.45, 2.75) is 31.2 Å². The molecule has 2 heterocycles. The quantitative estimate of drug-likeness (QED) is 0.476. The fourth-order valence-corrected chi connectivity index (χ4v) is 3.08. The Bertz CT molecular complexity index is 889. The monoisotopic (exact) mass is 426 g/mol. The van der Waals surface area contributed by atoms with Gasteiger partial charge in [0.15, 0.2) is 0 Å². The van der Waals surface area contributed by atoms with Gasteiger partial charge in [-0.05, 0) is 36.4 Å². The maximum atomic E-state index is 12.3. The summed E-state index contributed by atoms with van der Waals surface area (Å²) in [5, 5.41) is 17.9. The van der Waals surface area contributed by atoms with Crippen molar-refractivity contribution in [3.8, 4) is 5.75 Å². The van der Waals surface area contributed by atoms with E-state index in [1.165, 1.54) is 0 Å². The molecule has 0 bridgehead atoms. The number of nitrogens with zero attached hydrogens (tertiary/aromatic N) is 1. The zero-order valence-corrected chi connectivity index (χ0v) is 17.2. The molecule has 0 fully saturated rings. The Labute approximate surface area is 180 Å². The molecule has 9 heteroatoms. The summed E-state index contributed by atoms with van der Waals surface area (Å²) in [4.78, 5) is 28.6. The van der Waals surface area contributed by atoms with E-state index in [1.807, 2.05) is 18.2 Å². The number of aromatic nitrogens is 1. The number of rotatable bonds is 8. The number of aliphatic hydroxyl groups excluding tert-OH is 1. The Morgan fingerprint density at radius 2 is 1.97 bits per heavy atom. The summed E-state index contributed by atoms with van der Waals surface area (Å²) in [6.07, 6.45) is 4.05. The van der Waals surface area contributed by atoms with Crippen molar-refractivity contribution >= 4 is 17.6 Å². The number of ether oxygens (including phenoxy) is 2. The molecule has 3 amide bonds. The van der Waals surface area contributed by atoms with Crippen molar-refractivity contribution in [1.29, 1.82) is 0 Å². The molecule has 0 spiro atoms. The van der Waals surface area contributed by atoms with Gasteiger partial charge in [-0.3, -0.25) is 9.78 Å². The lowest BCUT2D eigenvalue weighted by Gasteiger charge is -2.31. The van der Waals surface area contributed by atoms with Gasteiger partial charge in [0.25, 0.3) is 0 Å². The Kier molecular flexibility index (Phi) is 7.97. The number of anilines is 1. The lowest BCUT2D eigenvalue weighted by molar-refractivity contribution is -0.125. The van der Waals surface area contributed by atoms with Gasteiger partial charge in [0.2, 0.25) is 5.91 Å². The molecule has 1 aromatic carbocycles. The number of carbonyl (C=O) groups is 2. The number of methoxy groups -OCH3 is 1. The summed E-state index contributed by atoms with van der Waals surface area (Å²) in [6, 6.07) is 11.4. The minimum Gasteiger partial charge on any atom is -0.497 e. The average molecular weight is 426 g/mol. The van der Waals surface area contributed by atoms with Crippen molar-refractivity contribution in [3.63, 3.8) is 0 Å². The highest BCUT2D eigenvalue weighted by atomic mass is 16.5. The second-order valence-corrected chi connectivity index (χ2v) is 6.94. The number of urea groups is 1. The van der Waals surface area contributed by atoms with Gasteiger partial charge < -0.3 is 30.5 Å². The normalized spacial score (nSPS) is 20.0. The van der Waals surface area contributed by atoms with Gasteiger partial charge in [0, 0.05) is 11.9 Å². The molecule has 0 unspecified atom stereocenters. The topological polar surface area (TPSA) is 122 Å². The van der Waals surface area contributed by atoms with Crippen molar-refractivity contribution in [1.82, 2.24) is 15.6 Å². The number of nitrogens with one attached hydrogen (secondary N) is 3. The minimum atomic E-state index is -0.666. The van der Waals surface area contributed by atoms with E-state index in [0.717, 1.165) is 5.69 Å². The van der Waals surface area contributed by atoms with Crippen LogP contribution in [0.25, 0.3) is 0 Å². The Hall–Kier alpha value is -3.43. The Balaban J connectivity index is 1.48. The second kappa shape index (κ2) is 11.1. The van der Waals surface area contributed by atoms with Gasteiger partial charge in [0.1, 0.15) is 11.9 Å². The number of aliphatic hydroxyl groups is 1. The predicted molar refractivity (Wildman–Crippen MR) is 115 cm³/mol. The third-order valence-electron chi connectivity index (χ3n) is 4.69. The fourth-order valence-electron chi connectivity index (χ4n) is 3.08. The molecule has 3 atom stereocenters. The van der Waals surface area contributed by atoms with Crippen molar-refractivity contribution in [2.24, 2.45) is 0 Å². The minimum absolute atomic E-state index is 0.102. The Morgan fingerprint density at radius 1 is 1.16 bits per heavy atom. The number of carbonyl (C=O) groups excluding carboxylic acids is 2. The highest BCUT2D eigenvalue weighted by Crippen LogP contribution is 2.17. The largest absolute Gasteiger partial charge is 0.497 e. The summed E-state index contributed by atoms with van der Waals surface area (Å²) in [5.41, 5.74) is 1.36. The van der Waals surface area contributed by atoms with E-state index in [4.69, 9.17) is 9.47 Å². The van der Waals surface area contributed by atoms with E-state index in [0.29, 0.717) is 18.0 Å². The van der Waals surface area contributed by atoms with Crippen LogP contribution in [-0.2, 0) is 16.1 Å². The van der Waals surface area contributed by atoms with Crippen molar-refractivity contribution in [3.05, 3.63) is 66.5 Å². The van der Waals surface area contributed by atoms with Crippen LogP contribution in [0.4, 0.5) is 10.5 Å². The number of hydrogen-bond donors (Lipinski definition) is 4. The van der Waals surface area contributed by atoms with E-state index in [1.54, 1.807) is 49.7 Å². The van der Waals surface area contributed by atoms with Gasteiger partial charge in [-0.1, -0.05) is 18.2 Å². The van der Waals surface area contributed by atoms with Crippen LogP contribution in [-0.4, -0.2) is 54.0 Å². The molecule has 3 rings (SSSR count). The number of pyridine rings is 1. The first-order chi connectivity index (χ1) is 15.1. The smallest absolute Gasteiger partial charge is 0.319 e. The standard InChI is InChI=1S/C22H26N4O5/c1-30-17-7-5-15(6-8-17)25-22(29)26-19-10-9-18(31-20(19)14-27)12-21(28)24-13-16-4-2-3-11-23-16/h2-11,18-20,27H,12-14H2,1H3,(H,24,28)(H2,25,26,29)/t18-,19+,20-/m1/s1. The van der Waals surface area contributed by atoms with Crippen molar-refractivity contribution in [2.75, 3.05) is 19.0 Å². The molecule has 1 aliphatic rings. The van der Waals surface area contributed by atoms with Gasteiger partial charge in [-0.15, -0.1) is 0 Å². The van der Waals surface area contributed by atoms with Crippen molar-refractivity contribution < 1.29 is 24.2 Å². The first-order valence-corrected chi connectivity index (χ1v) is 9.90. The zero-order valence-electron chi connectivity index (χ0n) is 17.2. The van der Waals surface area contributed by atoms with E-state index < -0.39 is 24.3 Å². The molecule has 0 saturated carbocycles. The highest BCUT2D eigenvalue weighted by Gasteiger charge is 2.29. The third-order valence-corrected chi connectivity index (χ3v) is 4.69. The first kappa shape index (κ1) is 22.3. The summed E-state index contributed by atoms with van der Waals surface area (Å²) >= 11 is 0. The Morgan fingerprint density at radius 3 is 2.65 bits per heavy atom. The third kappa shape index (κ3) is 6.80. The molecule has 1 aliphatic heterocycles. The van der Waals surface area contributed by atoms with Crippen LogP contribution in [0.15, 0.2) is 60.8 Å². The van der Waals surface area contributed by atoms with E-state index >= 15 is 0 Å². The molecule has 0 saturated heterocycles. The molecule has 0 radical (unpaired) electrons. The van der Waals surface area contributed by atoms with Crippen LogP contribution in [0, 0.1) is 0 Å². The summed E-state index contributed by atoms with van der Waals surface area (Å²) in [5.74, 6) is 0.491. The lowest BCUT2D eigenvalue weighted by Crippen LogP contribution is -2.50.